The number of rotatable bonds is 3. The molecule has 2 aromatic rings. The molecule has 4 heteroatoms. The van der Waals surface area contributed by atoms with Crippen molar-refractivity contribution < 1.29 is 5.11 Å². The first-order chi connectivity index (χ1) is 7.63. The number of hydrogen-bond donors (Lipinski definition) is 1. The van der Waals surface area contributed by atoms with Crippen LogP contribution in [0.2, 0.25) is 5.15 Å². The van der Waals surface area contributed by atoms with Crippen molar-refractivity contribution in [1.82, 2.24) is 9.78 Å². The summed E-state index contributed by atoms with van der Waals surface area (Å²) in [5.41, 5.74) is 1.82. The summed E-state index contributed by atoms with van der Waals surface area (Å²) in [6, 6.07) is 5.77. The second kappa shape index (κ2) is 4.44. The van der Waals surface area contributed by atoms with Gasteiger partial charge in [-0.1, -0.05) is 37.6 Å². The van der Waals surface area contributed by atoms with E-state index in [4.69, 9.17) is 11.6 Å². The Morgan fingerprint density at radius 2 is 2.19 bits per heavy atom. The lowest BCUT2D eigenvalue weighted by Crippen LogP contribution is -2.05. The van der Waals surface area contributed by atoms with Crippen molar-refractivity contribution in [3.63, 3.8) is 0 Å². The summed E-state index contributed by atoms with van der Waals surface area (Å²) < 4.78 is 1.90. The molecule has 1 aromatic carbocycles. The molecule has 1 N–H and O–H groups in total. The highest BCUT2D eigenvalue weighted by Crippen LogP contribution is 2.27. The third-order valence-corrected chi connectivity index (χ3v) is 2.79. The van der Waals surface area contributed by atoms with Crippen molar-refractivity contribution in [2.24, 2.45) is 5.92 Å². The maximum Gasteiger partial charge on any atom is 0.159 e. The summed E-state index contributed by atoms with van der Waals surface area (Å²) in [7, 11) is 0. The molecule has 0 aliphatic heterocycles. The zero-order chi connectivity index (χ0) is 11.7. The zero-order valence-corrected chi connectivity index (χ0v) is 10.2. The van der Waals surface area contributed by atoms with Crippen LogP contribution < -0.4 is 0 Å². The molecule has 0 aliphatic carbocycles. The van der Waals surface area contributed by atoms with Gasteiger partial charge in [-0.3, -0.25) is 4.68 Å². The van der Waals surface area contributed by atoms with E-state index in [1.165, 1.54) is 0 Å². The van der Waals surface area contributed by atoms with Gasteiger partial charge in [-0.05, 0) is 17.5 Å². The van der Waals surface area contributed by atoms with Gasteiger partial charge in [-0.2, -0.15) is 5.10 Å². The number of hydrogen-bond acceptors (Lipinski definition) is 2. The third kappa shape index (κ3) is 1.93. The predicted molar refractivity (Wildman–Crippen MR) is 65.5 cm³/mol. The molecule has 0 atom stereocenters. The van der Waals surface area contributed by atoms with Gasteiger partial charge in [0.1, 0.15) is 0 Å². The van der Waals surface area contributed by atoms with Crippen LogP contribution in [0.3, 0.4) is 0 Å². The summed E-state index contributed by atoms with van der Waals surface area (Å²) in [6.45, 7) is 5.09. The van der Waals surface area contributed by atoms with Crippen LogP contribution in [0.15, 0.2) is 18.2 Å². The van der Waals surface area contributed by atoms with Crippen molar-refractivity contribution in [2.45, 2.75) is 27.0 Å². The van der Waals surface area contributed by atoms with E-state index in [1.54, 1.807) is 0 Å². The van der Waals surface area contributed by atoms with Gasteiger partial charge in [0, 0.05) is 11.9 Å². The minimum atomic E-state index is -0.00949. The van der Waals surface area contributed by atoms with Crippen LogP contribution in [0.4, 0.5) is 0 Å². The quantitative estimate of drug-likeness (QED) is 0.893. The molecular weight excluding hydrogens is 224 g/mol. The number of nitrogens with zero attached hydrogens (tertiary/aromatic N) is 2. The lowest BCUT2D eigenvalue weighted by molar-refractivity contribution is 0.283. The fourth-order valence-electron chi connectivity index (χ4n) is 1.87. The van der Waals surface area contributed by atoms with E-state index in [2.05, 4.69) is 18.9 Å². The Kier molecular flexibility index (Phi) is 3.17. The molecule has 16 heavy (non-hydrogen) atoms. The van der Waals surface area contributed by atoms with E-state index >= 15 is 0 Å². The molecule has 0 bridgehead atoms. The Morgan fingerprint density at radius 3 is 2.81 bits per heavy atom. The van der Waals surface area contributed by atoms with Crippen molar-refractivity contribution in [1.29, 1.82) is 0 Å². The summed E-state index contributed by atoms with van der Waals surface area (Å²) in [5, 5.41) is 14.9. The maximum absolute atomic E-state index is 9.26. The number of aliphatic hydroxyl groups is 1. The van der Waals surface area contributed by atoms with Gasteiger partial charge < -0.3 is 5.11 Å². The second-order valence-electron chi connectivity index (χ2n) is 4.34. The Balaban J connectivity index is 2.62. The fourth-order valence-corrected chi connectivity index (χ4v) is 2.18. The first-order valence-corrected chi connectivity index (χ1v) is 5.76. The average Bonchev–Trinajstić information content (AvgIpc) is 2.55. The van der Waals surface area contributed by atoms with Gasteiger partial charge in [-0.15, -0.1) is 0 Å². The van der Waals surface area contributed by atoms with Gasteiger partial charge in [0.05, 0.1) is 12.1 Å². The molecule has 0 unspecified atom stereocenters. The van der Waals surface area contributed by atoms with E-state index < -0.39 is 0 Å². The Hall–Kier alpha value is -1.06. The summed E-state index contributed by atoms with van der Waals surface area (Å²) in [5.74, 6) is 0.511. The highest BCUT2D eigenvalue weighted by Gasteiger charge is 2.12. The van der Waals surface area contributed by atoms with Crippen LogP contribution in [-0.2, 0) is 13.2 Å². The number of aliphatic hydroxyl groups excluding tert-OH is 1. The van der Waals surface area contributed by atoms with Crippen LogP contribution in [0.1, 0.15) is 19.4 Å². The molecular formula is C12H15ClN2O. The predicted octanol–water partition coefficient (Wildman–Crippen LogP) is 2.84. The van der Waals surface area contributed by atoms with Gasteiger partial charge in [0.2, 0.25) is 0 Å². The van der Waals surface area contributed by atoms with Crippen LogP contribution in [0.25, 0.3) is 10.9 Å². The van der Waals surface area contributed by atoms with Gasteiger partial charge in [-0.25, -0.2) is 0 Å². The maximum atomic E-state index is 9.26. The number of halogens is 1. The van der Waals surface area contributed by atoms with E-state index in [0.29, 0.717) is 11.1 Å². The first kappa shape index (κ1) is 11.4. The third-order valence-electron chi connectivity index (χ3n) is 2.53. The van der Waals surface area contributed by atoms with E-state index in [1.807, 2.05) is 22.9 Å². The highest BCUT2D eigenvalue weighted by molar-refractivity contribution is 6.34. The van der Waals surface area contributed by atoms with Crippen molar-refractivity contribution in [3.8, 4) is 0 Å². The van der Waals surface area contributed by atoms with Gasteiger partial charge in [0.15, 0.2) is 5.15 Å². The molecule has 0 fully saturated rings. The Labute approximate surface area is 99.6 Å². The summed E-state index contributed by atoms with van der Waals surface area (Å²) in [6.07, 6.45) is 0. The Bertz CT molecular complexity index is 505. The van der Waals surface area contributed by atoms with Gasteiger partial charge >= 0.3 is 0 Å². The molecule has 0 radical (unpaired) electrons. The zero-order valence-electron chi connectivity index (χ0n) is 9.44. The number of fused-ring (bicyclic) bond motifs is 1. The van der Waals surface area contributed by atoms with Crippen LogP contribution in [0, 0.1) is 5.92 Å². The van der Waals surface area contributed by atoms with Crippen LogP contribution in [-0.4, -0.2) is 14.9 Å². The SMILES string of the molecule is CC(C)Cn1nc(Cl)c2c(CO)cccc21. The largest absolute Gasteiger partial charge is 0.392 e. The van der Waals surface area contributed by atoms with Crippen LogP contribution >= 0.6 is 11.6 Å². The summed E-state index contributed by atoms with van der Waals surface area (Å²) >= 11 is 6.10. The van der Waals surface area contributed by atoms with Crippen molar-refractivity contribution in [2.75, 3.05) is 0 Å². The first-order valence-electron chi connectivity index (χ1n) is 5.38. The Morgan fingerprint density at radius 1 is 1.44 bits per heavy atom. The topological polar surface area (TPSA) is 38.0 Å². The lowest BCUT2D eigenvalue weighted by atomic mass is 10.1. The molecule has 0 amide bonds. The molecule has 2 rings (SSSR count). The van der Waals surface area contributed by atoms with Crippen molar-refractivity contribution in [3.05, 3.63) is 28.9 Å². The molecule has 0 aliphatic rings. The molecule has 0 saturated carbocycles. The molecule has 86 valence electrons. The molecule has 3 nitrogen and oxygen atoms in total. The van der Waals surface area contributed by atoms with E-state index in [0.717, 1.165) is 23.0 Å². The summed E-state index contributed by atoms with van der Waals surface area (Å²) in [4.78, 5) is 0. The highest BCUT2D eigenvalue weighted by atomic mass is 35.5. The molecule has 1 heterocycles. The lowest BCUT2D eigenvalue weighted by Gasteiger charge is -2.06. The molecule has 1 aromatic heterocycles. The number of aromatic nitrogens is 2. The monoisotopic (exact) mass is 238 g/mol. The van der Waals surface area contributed by atoms with E-state index in [9.17, 15) is 5.11 Å². The smallest absolute Gasteiger partial charge is 0.159 e. The fraction of sp³-hybridized carbons (Fsp3) is 0.417. The minimum Gasteiger partial charge on any atom is -0.392 e. The molecule has 0 saturated heterocycles. The van der Waals surface area contributed by atoms with E-state index in [-0.39, 0.29) is 6.61 Å². The van der Waals surface area contributed by atoms with Gasteiger partial charge in [0.25, 0.3) is 0 Å². The number of benzene rings is 1. The van der Waals surface area contributed by atoms with Crippen LogP contribution in [0.5, 0.6) is 0 Å². The minimum absolute atomic E-state index is 0.00949. The standard InChI is InChI=1S/C12H15ClN2O/c1-8(2)6-15-10-5-3-4-9(7-16)11(10)12(13)14-15/h3-5,8,16H,6-7H2,1-2H3. The molecule has 0 spiro atoms. The second-order valence-corrected chi connectivity index (χ2v) is 4.69. The normalized spacial score (nSPS) is 11.6. The van der Waals surface area contributed by atoms with Crippen molar-refractivity contribution >= 4 is 22.5 Å². The average molecular weight is 239 g/mol.